The van der Waals surface area contributed by atoms with Crippen molar-refractivity contribution in [3.05, 3.63) is 0 Å². The van der Waals surface area contributed by atoms with Gasteiger partial charge in [0.05, 0.1) is 6.42 Å². The summed E-state index contributed by atoms with van der Waals surface area (Å²) in [5.41, 5.74) is 0.182. The van der Waals surface area contributed by atoms with Crippen LogP contribution in [0.2, 0.25) is 0 Å². The molecule has 0 aromatic heterocycles. The molecule has 0 unspecified atom stereocenters. The highest BCUT2D eigenvalue weighted by Gasteiger charge is 2.15. The van der Waals surface area contributed by atoms with E-state index in [-0.39, 0.29) is 29.6 Å². The zero-order valence-electron chi connectivity index (χ0n) is 8.46. The Morgan fingerprint density at radius 3 is 2.23 bits per heavy atom. The molecule has 0 saturated heterocycles. The van der Waals surface area contributed by atoms with Crippen LogP contribution in [0.3, 0.4) is 0 Å². The maximum atomic E-state index is 11.2. The first-order valence-corrected chi connectivity index (χ1v) is 4.12. The molecule has 0 spiro atoms. The van der Waals surface area contributed by atoms with E-state index in [1.807, 2.05) is 0 Å². The van der Waals surface area contributed by atoms with Crippen molar-refractivity contribution < 1.29 is 14.4 Å². The quantitative estimate of drug-likeness (QED) is 0.477. The minimum absolute atomic E-state index is 0.00833. The molecule has 0 atom stereocenters. The van der Waals surface area contributed by atoms with Gasteiger partial charge in [-0.1, -0.05) is 19.0 Å². The molecule has 0 radical (unpaired) electrons. The zero-order valence-corrected chi connectivity index (χ0v) is 8.46. The molecule has 0 aliphatic heterocycles. The summed E-state index contributed by atoms with van der Waals surface area (Å²) in [5.74, 6) is -0.316. The first kappa shape index (κ1) is 11.8. The van der Waals surface area contributed by atoms with E-state index in [4.69, 9.17) is 0 Å². The third-order valence-electron chi connectivity index (χ3n) is 1.59. The molecule has 0 amide bonds. The normalized spacial score (nSPS) is 11.6. The number of hydrogen-bond donors (Lipinski definition) is 0. The van der Waals surface area contributed by atoms with E-state index < -0.39 is 0 Å². The van der Waals surface area contributed by atoms with E-state index >= 15 is 0 Å². The molecule has 0 aromatic rings. The Kier molecular flexibility index (Phi) is 4.96. The second-order valence-corrected chi connectivity index (χ2v) is 3.07. The molecule has 0 rings (SSSR count). The lowest BCUT2D eigenvalue weighted by molar-refractivity contribution is -0.121. The number of nitrogens with zero attached hydrogens (tertiary/aromatic N) is 1. The first-order valence-electron chi connectivity index (χ1n) is 4.12. The van der Waals surface area contributed by atoms with Gasteiger partial charge in [0.25, 0.3) is 0 Å². The fourth-order valence-electron chi connectivity index (χ4n) is 0.700. The Morgan fingerprint density at radius 2 is 1.92 bits per heavy atom. The molecule has 74 valence electrons. The number of rotatable bonds is 5. The van der Waals surface area contributed by atoms with Crippen molar-refractivity contribution in [1.29, 1.82) is 0 Å². The molecule has 13 heavy (non-hydrogen) atoms. The summed E-state index contributed by atoms with van der Waals surface area (Å²) in [4.78, 5) is 26.6. The highest BCUT2D eigenvalue weighted by molar-refractivity contribution is 6.41. The summed E-state index contributed by atoms with van der Waals surface area (Å²) in [7, 11) is 1.35. The van der Waals surface area contributed by atoms with E-state index in [1.165, 1.54) is 14.0 Å². The van der Waals surface area contributed by atoms with Crippen molar-refractivity contribution in [3.8, 4) is 0 Å². The van der Waals surface area contributed by atoms with Crippen LogP contribution in [-0.2, 0) is 14.4 Å². The third-order valence-corrected chi connectivity index (χ3v) is 1.59. The number of carbonyl (C=O) groups is 2. The molecule has 0 saturated carbocycles. The minimum Gasteiger partial charge on any atom is -0.399 e. The number of Topliss-reactive ketones (excluding diaryl/α,β-unsaturated/α-hetero) is 2. The highest BCUT2D eigenvalue weighted by Crippen LogP contribution is 2.01. The Hall–Kier alpha value is -1.19. The van der Waals surface area contributed by atoms with E-state index in [2.05, 4.69) is 9.99 Å². The van der Waals surface area contributed by atoms with Crippen LogP contribution in [0.4, 0.5) is 0 Å². The van der Waals surface area contributed by atoms with Crippen molar-refractivity contribution in [2.24, 2.45) is 11.1 Å². The van der Waals surface area contributed by atoms with Crippen molar-refractivity contribution in [1.82, 2.24) is 0 Å². The van der Waals surface area contributed by atoms with E-state index in [0.29, 0.717) is 0 Å². The van der Waals surface area contributed by atoms with Gasteiger partial charge in [0, 0.05) is 12.8 Å². The van der Waals surface area contributed by atoms with Crippen molar-refractivity contribution in [3.63, 3.8) is 0 Å². The van der Waals surface area contributed by atoms with Gasteiger partial charge in [0.15, 0.2) is 5.78 Å². The SMILES string of the molecule is CON=C(CC(=O)C(C)C)C(C)=O. The summed E-state index contributed by atoms with van der Waals surface area (Å²) in [6.45, 7) is 4.94. The van der Waals surface area contributed by atoms with E-state index in [0.717, 1.165) is 0 Å². The molecule has 0 aliphatic carbocycles. The summed E-state index contributed by atoms with van der Waals surface area (Å²) in [5, 5.41) is 3.49. The molecular weight excluding hydrogens is 170 g/mol. The van der Waals surface area contributed by atoms with Gasteiger partial charge in [-0.05, 0) is 0 Å². The average molecular weight is 185 g/mol. The molecule has 0 heterocycles. The number of oxime groups is 1. The monoisotopic (exact) mass is 185 g/mol. The van der Waals surface area contributed by atoms with E-state index in [1.54, 1.807) is 13.8 Å². The van der Waals surface area contributed by atoms with Gasteiger partial charge in [-0.2, -0.15) is 0 Å². The molecule has 4 heteroatoms. The summed E-state index contributed by atoms with van der Waals surface area (Å²) in [6, 6.07) is 0. The predicted molar refractivity (Wildman–Crippen MR) is 49.6 cm³/mol. The summed E-state index contributed by atoms with van der Waals surface area (Å²) >= 11 is 0. The van der Waals surface area contributed by atoms with Crippen molar-refractivity contribution in [2.45, 2.75) is 27.2 Å². The van der Waals surface area contributed by atoms with Gasteiger partial charge in [-0.15, -0.1) is 0 Å². The third kappa shape index (κ3) is 4.40. The minimum atomic E-state index is -0.226. The molecular formula is C9H15NO3. The van der Waals surface area contributed by atoms with Crippen LogP contribution < -0.4 is 0 Å². The van der Waals surface area contributed by atoms with Crippen LogP contribution in [0.5, 0.6) is 0 Å². The lowest BCUT2D eigenvalue weighted by atomic mass is 10.0. The second-order valence-electron chi connectivity index (χ2n) is 3.07. The van der Waals surface area contributed by atoms with Gasteiger partial charge in [0.1, 0.15) is 18.6 Å². The fraction of sp³-hybridized carbons (Fsp3) is 0.667. The second kappa shape index (κ2) is 5.45. The Labute approximate surface area is 77.9 Å². The fourth-order valence-corrected chi connectivity index (χ4v) is 0.700. The van der Waals surface area contributed by atoms with E-state index in [9.17, 15) is 9.59 Å². The van der Waals surface area contributed by atoms with Crippen LogP contribution in [-0.4, -0.2) is 24.4 Å². The topological polar surface area (TPSA) is 55.7 Å². The van der Waals surface area contributed by atoms with Crippen LogP contribution in [0, 0.1) is 5.92 Å². The number of ketones is 2. The smallest absolute Gasteiger partial charge is 0.177 e. The number of hydrogen-bond acceptors (Lipinski definition) is 4. The molecule has 0 aliphatic rings. The molecule has 0 bridgehead atoms. The molecule has 0 fully saturated rings. The predicted octanol–water partition coefficient (Wildman–Crippen LogP) is 1.19. The Bertz CT molecular complexity index is 231. The van der Waals surface area contributed by atoms with Gasteiger partial charge in [-0.25, -0.2) is 0 Å². The van der Waals surface area contributed by atoms with Crippen LogP contribution in [0.15, 0.2) is 5.16 Å². The van der Waals surface area contributed by atoms with Crippen molar-refractivity contribution in [2.75, 3.05) is 7.11 Å². The maximum Gasteiger partial charge on any atom is 0.177 e. The summed E-state index contributed by atoms with van der Waals surface area (Å²) < 4.78 is 0. The Morgan fingerprint density at radius 1 is 1.38 bits per heavy atom. The van der Waals surface area contributed by atoms with Gasteiger partial charge in [-0.3, -0.25) is 9.59 Å². The molecule has 0 N–H and O–H groups in total. The average Bonchev–Trinajstić information content (AvgIpc) is 2.03. The standard InChI is InChI=1S/C9H15NO3/c1-6(2)9(12)5-8(7(3)11)10-13-4/h6H,5H2,1-4H3. The van der Waals surface area contributed by atoms with Crippen molar-refractivity contribution >= 4 is 17.3 Å². The van der Waals surface area contributed by atoms with Gasteiger partial charge in [0.2, 0.25) is 0 Å². The van der Waals surface area contributed by atoms with Gasteiger partial charge >= 0.3 is 0 Å². The van der Waals surface area contributed by atoms with Gasteiger partial charge < -0.3 is 4.84 Å². The molecule has 4 nitrogen and oxygen atoms in total. The van der Waals surface area contributed by atoms with Crippen LogP contribution in [0.25, 0.3) is 0 Å². The number of carbonyl (C=O) groups excluding carboxylic acids is 2. The lowest BCUT2D eigenvalue weighted by Gasteiger charge is -2.03. The Balaban J connectivity index is 4.36. The highest BCUT2D eigenvalue weighted by atomic mass is 16.6. The summed E-state index contributed by atoms with van der Waals surface area (Å²) in [6.07, 6.45) is 0.0564. The largest absolute Gasteiger partial charge is 0.399 e. The van der Waals surface area contributed by atoms with Crippen LogP contribution in [0.1, 0.15) is 27.2 Å². The molecule has 0 aromatic carbocycles. The lowest BCUT2D eigenvalue weighted by Crippen LogP contribution is -2.19. The first-order chi connectivity index (χ1) is 5.99. The van der Waals surface area contributed by atoms with Crippen LogP contribution >= 0.6 is 0 Å². The maximum absolute atomic E-state index is 11.2. The zero-order chi connectivity index (χ0) is 10.4.